The number of aryl methyl sites for hydroxylation is 2. The highest BCUT2D eigenvalue weighted by atomic mass is 16.6. The Morgan fingerprint density at radius 1 is 0.917 bits per heavy atom. The van der Waals surface area contributed by atoms with Gasteiger partial charge in [0.1, 0.15) is 5.60 Å². The summed E-state index contributed by atoms with van der Waals surface area (Å²) in [5, 5.41) is 1.20. The third-order valence-electron chi connectivity index (χ3n) is 6.36. The summed E-state index contributed by atoms with van der Waals surface area (Å²) in [5.74, 6) is 1.04. The lowest BCUT2D eigenvalue weighted by atomic mass is 10.1. The van der Waals surface area contributed by atoms with Crippen molar-refractivity contribution in [3.05, 3.63) is 54.1 Å². The molecule has 0 unspecified atom stereocenters. The average molecular weight is 490 g/mol. The van der Waals surface area contributed by atoms with Gasteiger partial charge in [0.15, 0.2) is 5.82 Å². The number of piperidine rings is 1. The Hall–Kier alpha value is -3.81. The molecule has 0 spiro atoms. The van der Waals surface area contributed by atoms with Crippen LogP contribution in [0.4, 0.5) is 4.79 Å². The van der Waals surface area contributed by atoms with Crippen LogP contribution in [-0.4, -0.2) is 49.7 Å². The SMILES string of the molecule is CC(C)(C)OC(N)=O.Cn1c(-c2nc3cc(C(=O)N4CCCCC4)ccc3n2C)cc2ccccc21. The molecule has 0 saturated carbocycles. The molecule has 0 atom stereocenters. The van der Waals surface area contributed by atoms with Gasteiger partial charge in [0.05, 0.1) is 16.7 Å². The molecule has 190 valence electrons. The molecular weight excluding hydrogens is 454 g/mol. The van der Waals surface area contributed by atoms with Gasteiger partial charge >= 0.3 is 6.09 Å². The van der Waals surface area contributed by atoms with Gasteiger partial charge in [0.2, 0.25) is 0 Å². The molecule has 4 aromatic rings. The van der Waals surface area contributed by atoms with Crippen LogP contribution < -0.4 is 5.73 Å². The van der Waals surface area contributed by atoms with Crippen LogP contribution in [0.5, 0.6) is 0 Å². The molecule has 1 fully saturated rings. The summed E-state index contributed by atoms with van der Waals surface area (Å²) in [4.78, 5) is 29.7. The fourth-order valence-corrected chi connectivity index (χ4v) is 4.65. The van der Waals surface area contributed by atoms with Crippen LogP contribution in [0.3, 0.4) is 0 Å². The summed E-state index contributed by atoms with van der Waals surface area (Å²) >= 11 is 0. The first kappa shape index (κ1) is 25.3. The highest BCUT2D eigenvalue weighted by Crippen LogP contribution is 2.29. The minimum atomic E-state index is -0.725. The van der Waals surface area contributed by atoms with E-state index in [0.29, 0.717) is 0 Å². The molecule has 0 radical (unpaired) electrons. The summed E-state index contributed by atoms with van der Waals surface area (Å²) in [6.45, 7) is 7.01. The molecule has 5 rings (SSSR count). The quantitative estimate of drug-likeness (QED) is 0.417. The van der Waals surface area contributed by atoms with Crippen LogP contribution in [-0.2, 0) is 18.8 Å². The first-order valence-corrected chi connectivity index (χ1v) is 12.3. The highest BCUT2D eigenvalue weighted by Gasteiger charge is 2.20. The molecule has 36 heavy (non-hydrogen) atoms. The number of nitrogens with zero attached hydrogens (tertiary/aromatic N) is 4. The largest absolute Gasteiger partial charge is 0.444 e. The second kappa shape index (κ2) is 10.0. The van der Waals surface area contributed by atoms with E-state index in [-0.39, 0.29) is 5.91 Å². The van der Waals surface area contributed by atoms with Crippen molar-refractivity contribution < 1.29 is 14.3 Å². The Kier molecular flexibility index (Phi) is 7.06. The Labute approximate surface area is 211 Å². The van der Waals surface area contributed by atoms with Crippen LogP contribution in [0, 0.1) is 0 Å². The van der Waals surface area contributed by atoms with Crippen molar-refractivity contribution in [1.82, 2.24) is 19.0 Å². The van der Waals surface area contributed by atoms with E-state index in [1.165, 1.54) is 17.3 Å². The molecule has 2 aromatic carbocycles. The number of nitrogens with two attached hydrogens (primary N) is 1. The van der Waals surface area contributed by atoms with E-state index in [2.05, 4.69) is 51.3 Å². The lowest BCUT2D eigenvalue weighted by Gasteiger charge is -2.26. The van der Waals surface area contributed by atoms with E-state index in [1.54, 1.807) is 20.8 Å². The predicted octanol–water partition coefficient (Wildman–Crippen LogP) is 5.24. The van der Waals surface area contributed by atoms with E-state index < -0.39 is 11.7 Å². The Balaban J connectivity index is 0.000000331. The van der Waals surface area contributed by atoms with Gasteiger partial charge in [-0.3, -0.25) is 4.79 Å². The minimum absolute atomic E-state index is 0.124. The molecule has 2 aromatic heterocycles. The van der Waals surface area contributed by atoms with Crippen molar-refractivity contribution >= 4 is 33.9 Å². The number of fused-ring (bicyclic) bond motifs is 2. The number of imidazole rings is 1. The Morgan fingerprint density at radius 3 is 2.22 bits per heavy atom. The number of rotatable bonds is 2. The maximum atomic E-state index is 12.9. The van der Waals surface area contributed by atoms with E-state index in [0.717, 1.165) is 54.0 Å². The second-order valence-electron chi connectivity index (χ2n) is 10.2. The van der Waals surface area contributed by atoms with Crippen LogP contribution in [0.15, 0.2) is 48.5 Å². The van der Waals surface area contributed by atoms with Crippen molar-refractivity contribution in [1.29, 1.82) is 0 Å². The van der Waals surface area contributed by atoms with Crippen LogP contribution >= 0.6 is 0 Å². The summed E-state index contributed by atoms with van der Waals surface area (Å²) in [7, 11) is 4.11. The standard InChI is InChI=1S/C23H24N4O.C5H11NO2/c1-25-19-9-5-4-8-16(19)15-21(25)22-24-18-14-17(10-11-20(18)26(22)2)23(28)27-12-6-3-7-13-27;1-5(2,3)8-4(6)7/h4-5,8-11,14-15H,3,6-7,12-13H2,1-2H3;1-3H3,(H2,6,7). The zero-order valence-corrected chi connectivity index (χ0v) is 21.7. The average Bonchev–Trinajstić information content (AvgIpc) is 3.34. The van der Waals surface area contributed by atoms with Gasteiger partial charge in [-0.2, -0.15) is 0 Å². The molecule has 3 heterocycles. The molecule has 2 amide bonds. The van der Waals surface area contributed by atoms with Crippen molar-refractivity contribution in [3.8, 4) is 11.5 Å². The van der Waals surface area contributed by atoms with Crippen molar-refractivity contribution in [2.24, 2.45) is 19.8 Å². The summed E-state index contributed by atoms with van der Waals surface area (Å²) < 4.78 is 8.86. The molecular formula is C28H35N5O3. The van der Waals surface area contributed by atoms with Crippen molar-refractivity contribution in [2.75, 3.05) is 13.1 Å². The van der Waals surface area contributed by atoms with Gasteiger partial charge < -0.3 is 24.5 Å². The van der Waals surface area contributed by atoms with Gasteiger partial charge in [-0.15, -0.1) is 0 Å². The first-order chi connectivity index (χ1) is 17.0. The van der Waals surface area contributed by atoms with Crippen LogP contribution in [0.1, 0.15) is 50.4 Å². The van der Waals surface area contributed by atoms with Gasteiger partial charge in [0, 0.05) is 43.7 Å². The number of aromatic nitrogens is 3. The fraction of sp³-hybridized carbons (Fsp3) is 0.393. The number of carbonyl (C=O) groups is 2. The van der Waals surface area contributed by atoms with Crippen LogP contribution in [0.2, 0.25) is 0 Å². The molecule has 1 aliphatic heterocycles. The van der Waals surface area contributed by atoms with Crippen LogP contribution in [0.25, 0.3) is 33.5 Å². The predicted molar refractivity (Wildman–Crippen MR) is 143 cm³/mol. The number of likely N-dealkylation sites (tertiary alicyclic amines) is 1. The monoisotopic (exact) mass is 489 g/mol. The lowest BCUT2D eigenvalue weighted by Crippen LogP contribution is -2.35. The normalized spacial score (nSPS) is 14.0. The van der Waals surface area contributed by atoms with E-state index in [4.69, 9.17) is 10.7 Å². The number of hydrogen-bond donors (Lipinski definition) is 1. The smallest absolute Gasteiger partial charge is 0.405 e. The molecule has 0 bridgehead atoms. The Morgan fingerprint density at radius 2 is 1.61 bits per heavy atom. The third-order valence-corrected chi connectivity index (χ3v) is 6.36. The van der Waals surface area contributed by atoms with E-state index >= 15 is 0 Å². The number of ether oxygens (including phenoxy) is 1. The summed E-state index contributed by atoms with van der Waals surface area (Å²) in [6, 6.07) is 16.4. The summed E-state index contributed by atoms with van der Waals surface area (Å²) in [6.07, 6.45) is 2.70. The van der Waals surface area contributed by atoms with Crippen molar-refractivity contribution in [3.63, 3.8) is 0 Å². The molecule has 8 nitrogen and oxygen atoms in total. The number of amides is 2. The zero-order chi connectivity index (χ0) is 26.0. The molecule has 8 heteroatoms. The molecule has 1 saturated heterocycles. The summed E-state index contributed by atoms with van der Waals surface area (Å²) in [5.41, 5.74) is 9.16. The lowest BCUT2D eigenvalue weighted by molar-refractivity contribution is 0.0599. The topological polar surface area (TPSA) is 95.4 Å². The highest BCUT2D eigenvalue weighted by molar-refractivity contribution is 5.98. The maximum Gasteiger partial charge on any atom is 0.405 e. The first-order valence-electron chi connectivity index (χ1n) is 12.3. The second-order valence-corrected chi connectivity index (χ2v) is 10.2. The number of hydrogen-bond acceptors (Lipinski definition) is 4. The number of carbonyl (C=O) groups excluding carboxylic acids is 2. The van der Waals surface area contributed by atoms with Gasteiger partial charge in [-0.1, -0.05) is 18.2 Å². The number of para-hydroxylation sites is 1. The molecule has 2 N–H and O–H groups in total. The zero-order valence-electron chi connectivity index (χ0n) is 21.7. The minimum Gasteiger partial charge on any atom is -0.444 e. The van der Waals surface area contributed by atoms with Crippen molar-refractivity contribution in [2.45, 2.75) is 45.6 Å². The molecule has 1 aliphatic rings. The Bertz CT molecular complexity index is 1400. The van der Waals surface area contributed by atoms with E-state index in [1.807, 2.05) is 30.1 Å². The number of benzene rings is 2. The van der Waals surface area contributed by atoms with Gasteiger partial charge in [0.25, 0.3) is 5.91 Å². The molecule has 0 aliphatic carbocycles. The van der Waals surface area contributed by atoms with Gasteiger partial charge in [-0.05, 0) is 70.4 Å². The third kappa shape index (κ3) is 5.37. The maximum absolute atomic E-state index is 12.9. The number of primary amides is 1. The van der Waals surface area contributed by atoms with Gasteiger partial charge in [-0.25, -0.2) is 9.78 Å². The fourth-order valence-electron chi connectivity index (χ4n) is 4.65. The van der Waals surface area contributed by atoms with E-state index in [9.17, 15) is 9.59 Å².